The van der Waals surface area contributed by atoms with Crippen LogP contribution in [0.3, 0.4) is 0 Å². The number of aryl methyl sites for hydroxylation is 1. The standard InChI is InChI=1S/C10H13F2N3O2/c1-15-6-7(4-14-15)3-13-5-8-2-10(11,12)9(16)17-8/h4,6,8,13H,2-3,5H2,1H3. The van der Waals surface area contributed by atoms with Crippen molar-refractivity contribution in [1.29, 1.82) is 0 Å². The second-order valence-electron chi connectivity index (χ2n) is 4.09. The van der Waals surface area contributed by atoms with Gasteiger partial charge in [0.25, 0.3) is 0 Å². The molecule has 1 N–H and O–H groups in total. The summed E-state index contributed by atoms with van der Waals surface area (Å²) in [5.74, 6) is -4.76. The Balaban J connectivity index is 1.75. The summed E-state index contributed by atoms with van der Waals surface area (Å²) < 4.78 is 31.9. The molecule has 0 aliphatic carbocycles. The Morgan fingerprint density at radius 1 is 1.71 bits per heavy atom. The van der Waals surface area contributed by atoms with Gasteiger partial charge in [-0.2, -0.15) is 13.9 Å². The van der Waals surface area contributed by atoms with E-state index >= 15 is 0 Å². The molecule has 0 spiro atoms. The summed E-state index contributed by atoms with van der Waals surface area (Å²) in [4.78, 5) is 10.7. The highest BCUT2D eigenvalue weighted by molar-refractivity contribution is 5.79. The van der Waals surface area contributed by atoms with Gasteiger partial charge in [0.05, 0.1) is 12.6 Å². The van der Waals surface area contributed by atoms with Gasteiger partial charge in [0, 0.05) is 31.9 Å². The van der Waals surface area contributed by atoms with Crippen molar-refractivity contribution in [3.8, 4) is 0 Å². The van der Waals surface area contributed by atoms with E-state index in [-0.39, 0.29) is 6.54 Å². The van der Waals surface area contributed by atoms with Crippen LogP contribution in [0.4, 0.5) is 8.78 Å². The lowest BCUT2D eigenvalue weighted by atomic mass is 10.2. The maximum absolute atomic E-state index is 12.8. The van der Waals surface area contributed by atoms with Gasteiger partial charge in [-0.3, -0.25) is 4.68 Å². The van der Waals surface area contributed by atoms with Crippen molar-refractivity contribution in [2.75, 3.05) is 6.54 Å². The lowest BCUT2D eigenvalue weighted by molar-refractivity contribution is -0.159. The molecule has 7 heteroatoms. The Kier molecular flexibility index (Phi) is 3.10. The summed E-state index contributed by atoms with van der Waals surface area (Å²) in [6.07, 6.45) is 2.20. The molecule has 1 atom stereocenters. The number of alkyl halides is 2. The van der Waals surface area contributed by atoms with Gasteiger partial charge in [0.2, 0.25) is 0 Å². The van der Waals surface area contributed by atoms with Crippen LogP contribution in [0.2, 0.25) is 0 Å². The monoisotopic (exact) mass is 245 g/mol. The van der Waals surface area contributed by atoms with Crippen molar-refractivity contribution in [2.24, 2.45) is 7.05 Å². The fourth-order valence-corrected chi connectivity index (χ4v) is 1.70. The van der Waals surface area contributed by atoms with Crippen LogP contribution in [0.25, 0.3) is 0 Å². The van der Waals surface area contributed by atoms with Crippen LogP contribution in [-0.2, 0) is 23.1 Å². The van der Waals surface area contributed by atoms with Crippen LogP contribution in [0.15, 0.2) is 12.4 Å². The van der Waals surface area contributed by atoms with Gasteiger partial charge in [0.1, 0.15) is 6.10 Å². The quantitative estimate of drug-likeness (QED) is 0.783. The fourth-order valence-electron chi connectivity index (χ4n) is 1.70. The Bertz CT molecular complexity index is 419. The summed E-state index contributed by atoms with van der Waals surface area (Å²) in [6, 6.07) is 0. The lowest BCUT2D eigenvalue weighted by Crippen LogP contribution is -2.26. The predicted molar refractivity (Wildman–Crippen MR) is 54.4 cm³/mol. The van der Waals surface area contributed by atoms with E-state index in [2.05, 4.69) is 15.2 Å². The first-order valence-corrected chi connectivity index (χ1v) is 5.24. The zero-order valence-electron chi connectivity index (χ0n) is 9.32. The lowest BCUT2D eigenvalue weighted by Gasteiger charge is -2.08. The van der Waals surface area contributed by atoms with Crippen molar-refractivity contribution in [2.45, 2.75) is 25.0 Å². The topological polar surface area (TPSA) is 56.2 Å². The molecule has 1 fully saturated rings. The Morgan fingerprint density at radius 3 is 3.00 bits per heavy atom. The van der Waals surface area contributed by atoms with Crippen molar-refractivity contribution in [3.63, 3.8) is 0 Å². The molecule has 2 heterocycles. The molecular formula is C10H13F2N3O2. The molecule has 0 aromatic carbocycles. The number of esters is 1. The molecule has 0 radical (unpaired) electrons. The first-order chi connectivity index (χ1) is 7.97. The molecule has 1 saturated heterocycles. The smallest absolute Gasteiger partial charge is 0.377 e. The third-order valence-electron chi connectivity index (χ3n) is 2.52. The van der Waals surface area contributed by atoms with Crippen molar-refractivity contribution >= 4 is 5.97 Å². The van der Waals surface area contributed by atoms with Crippen LogP contribution in [0.1, 0.15) is 12.0 Å². The predicted octanol–water partition coefficient (Wildman–Crippen LogP) is 0.460. The minimum atomic E-state index is -3.33. The number of aromatic nitrogens is 2. The van der Waals surface area contributed by atoms with Gasteiger partial charge < -0.3 is 10.1 Å². The number of rotatable bonds is 4. The average Bonchev–Trinajstić information content (AvgIpc) is 2.73. The molecule has 1 unspecified atom stereocenters. The summed E-state index contributed by atoms with van der Waals surface area (Å²) in [5, 5.41) is 6.92. The van der Waals surface area contributed by atoms with E-state index in [1.54, 1.807) is 17.9 Å². The normalized spacial score (nSPS) is 22.8. The first kappa shape index (κ1) is 12.0. The zero-order valence-corrected chi connectivity index (χ0v) is 9.32. The number of nitrogens with one attached hydrogen (secondary N) is 1. The molecule has 0 saturated carbocycles. The number of hydrogen-bond donors (Lipinski definition) is 1. The molecule has 17 heavy (non-hydrogen) atoms. The van der Waals surface area contributed by atoms with Gasteiger partial charge >= 0.3 is 11.9 Å². The van der Waals surface area contributed by atoms with E-state index in [0.717, 1.165) is 5.56 Å². The van der Waals surface area contributed by atoms with E-state index in [1.165, 1.54) is 0 Å². The molecule has 1 aliphatic heterocycles. The van der Waals surface area contributed by atoms with E-state index in [9.17, 15) is 13.6 Å². The van der Waals surface area contributed by atoms with Gasteiger partial charge in [-0.1, -0.05) is 0 Å². The van der Waals surface area contributed by atoms with Crippen LogP contribution in [0, 0.1) is 0 Å². The summed E-state index contributed by atoms with van der Waals surface area (Å²) >= 11 is 0. The van der Waals surface area contributed by atoms with Crippen LogP contribution in [-0.4, -0.2) is 34.3 Å². The van der Waals surface area contributed by atoms with Gasteiger partial charge in [-0.15, -0.1) is 0 Å². The SMILES string of the molecule is Cn1cc(CNCC2CC(F)(F)C(=O)O2)cn1. The molecule has 5 nitrogen and oxygen atoms in total. The Hall–Kier alpha value is -1.50. The number of hydrogen-bond acceptors (Lipinski definition) is 4. The maximum Gasteiger partial charge on any atom is 0.377 e. The highest BCUT2D eigenvalue weighted by atomic mass is 19.3. The second-order valence-corrected chi connectivity index (χ2v) is 4.09. The van der Waals surface area contributed by atoms with Gasteiger partial charge in [-0.05, 0) is 0 Å². The number of carbonyl (C=O) groups excluding carboxylic acids is 1. The largest absolute Gasteiger partial charge is 0.456 e. The minimum Gasteiger partial charge on any atom is -0.456 e. The molecule has 1 aromatic rings. The highest BCUT2D eigenvalue weighted by Gasteiger charge is 2.50. The maximum atomic E-state index is 12.8. The number of nitrogens with zero attached hydrogens (tertiary/aromatic N) is 2. The van der Waals surface area contributed by atoms with Crippen molar-refractivity contribution in [1.82, 2.24) is 15.1 Å². The molecule has 2 rings (SSSR count). The molecule has 1 aliphatic rings. The summed E-state index contributed by atoms with van der Waals surface area (Å²) in [7, 11) is 1.79. The Morgan fingerprint density at radius 2 is 2.47 bits per heavy atom. The van der Waals surface area contributed by atoms with Crippen LogP contribution in [0.5, 0.6) is 0 Å². The third-order valence-corrected chi connectivity index (χ3v) is 2.52. The van der Waals surface area contributed by atoms with E-state index < -0.39 is 24.4 Å². The molecule has 1 aromatic heterocycles. The summed E-state index contributed by atoms with van der Waals surface area (Å²) in [6.45, 7) is 0.726. The van der Waals surface area contributed by atoms with Gasteiger partial charge in [0.15, 0.2) is 0 Å². The molecule has 0 bridgehead atoms. The molecule has 94 valence electrons. The van der Waals surface area contributed by atoms with E-state index in [1.807, 2.05) is 6.20 Å². The van der Waals surface area contributed by atoms with Crippen LogP contribution >= 0.6 is 0 Å². The fraction of sp³-hybridized carbons (Fsp3) is 0.600. The van der Waals surface area contributed by atoms with E-state index in [0.29, 0.717) is 6.54 Å². The van der Waals surface area contributed by atoms with Crippen molar-refractivity contribution < 1.29 is 18.3 Å². The Labute approximate surface area is 96.7 Å². The number of halogens is 2. The van der Waals surface area contributed by atoms with Crippen LogP contribution < -0.4 is 5.32 Å². The molecular weight excluding hydrogens is 232 g/mol. The zero-order chi connectivity index (χ0) is 12.5. The second kappa shape index (κ2) is 4.40. The van der Waals surface area contributed by atoms with Crippen molar-refractivity contribution in [3.05, 3.63) is 18.0 Å². The number of ether oxygens (including phenoxy) is 1. The summed E-state index contributed by atoms with van der Waals surface area (Å²) in [5.41, 5.74) is 0.948. The number of cyclic esters (lactones) is 1. The third kappa shape index (κ3) is 2.79. The van der Waals surface area contributed by atoms with E-state index in [4.69, 9.17) is 0 Å². The highest BCUT2D eigenvalue weighted by Crippen LogP contribution is 2.30. The number of carbonyl (C=O) groups is 1. The first-order valence-electron chi connectivity index (χ1n) is 5.24. The minimum absolute atomic E-state index is 0.218. The average molecular weight is 245 g/mol. The molecule has 0 amide bonds. The van der Waals surface area contributed by atoms with Gasteiger partial charge in [-0.25, -0.2) is 4.79 Å².